The molecular formula is C31H31BrF3N7O2. The van der Waals surface area contributed by atoms with Gasteiger partial charge in [-0.05, 0) is 75.9 Å². The van der Waals surface area contributed by atoms with Crippen molar-refractivity contribution >= 4 is 27.7 Å². The Kier molecular flexibility index (Phi) is 7.63. The zero-order valence-corrected chi connectivity index (χ0v) is 26.3. The topological polar surface area (TPSA) is 89.2 Å². The van der Waals surface area contributed by atoms with Gasteiger partial charge in [0.2, 0.25) is 5.95 Å². The monoisotopic (exact) mass is 669 g/mol. The molecule has 0 saturated carbocycles. The first kappa shape index (κ1) is 30.0. The van der Waals surface area contributed by atoms with Crippen molar-refractivity contribution in [1.82, 2.24) is 29.2 Å². The zero-order valence-electron chi connectivity index (χ0n) is 24.7. The third kappa shape index (κ3) is 5.42. The molecule has 0 spiro atoms. The smallest absolute Gasteiger partial charge is 0.356 e. The SMILES string of the molecule is Cc1cc(C)n(-c2nc3c(c(=O)n2-c2ccc(N4CC[C@@H](C)C4)nc2)C[C@@H](C)N(C(=O)c2ccc(Br)c(C(F)(F)F)c2)C3)n1. The van der Waals surface area contributed by atoms with E-state index in [4.69, 9.17) is 4.98 Å². The van der Waals surface area contributed by atoms with Crippen LogP contribution in [0.5, 0.6) is 0 Å². The summed E-state index contributed by atoms with van der Waals surface area (Å²) in [6.07, 6.45) is -1.68. The minimum absolute atomic E-state index is 0.0422. The molecule has 1 amide bonds. The number of amides is 1. The van der Waals surface area contributed by atoms with Gasteiger partial charge in [-0.25, -0.2) is 19.2 Å². The number of fused-ring (bicyclic) bond motifs is 1. The number of aromatic nitrogens is 5. The van der Waals surface area contributed by atoms with Crippen molar-refractivity contribution in [3.63, 3.8) is 0 Å². The molecule has 6 rings (SSSR count). The van der Waals surface area contributed by atoms with Crippen LogP contribution in [-0.2, 0) is 19.1 Å². The highest BCUT2D eigenvalue weighted by Crippen LogP contribution is 2.36. The molecule has 44 heavy (non-hydrogen) atoms. The first-order chi connectivity index (χ1) is 20.8. The van der Waals surface area contributed by atoms with Crippen molar-refractivity contribution in [3.8, 4) is 11.6 Å². The highest BCUT2D eigenvalue weighted by atomic mass is 79.9. The average Bonchev–Trinajstić information content (AvgIpc) is 3.56. The molecule has 230 valence electrons. The number of aryl methyl sites for hydroxylation is 2. The number of hydrogen-bond donors (Lipinski definition) is 0. The van der Waals surface area contributed by atoms with Gasteiger partial charge >= 0.3 is 6.18 Å². The maximum Gasteiger partial charge on any atom is 0.417 e. The van der Waals surface area contributed by atoms with Gasteiger partial charge in [-0.15, -0.1) is 0 Å². The Labute approximate surface area is 260 Å². The normalized spacial score (nSPS) is 18.5. The number of carbonyl (C=O) groups excluding carboxylic acids is 1. The maximum absolute atomic E-state index is 14.2. The molecule has 2 atom stereocenters. The Balaban J connectivity index is 1.42. The molecule has 0 aliphatic carbocycles. The summed E-state index contributed by atoms with van der Waals surface area (Å²) in [5.41, 5.74) is 1.51. The van der Waals surface area contributed by atoms with Crippen LogP contribution in [0.15, 0.2) is 51.9 Å². The van der Waals surface area contributed by atoms with Crippen molar-refractivity contribution in [2.75, 3.05) is 18.0 Å². The average molecular weight is 671 g/mol. The van der Waals surface area contributed by atoms with E-state index in [1.807, 2.05) is 32.0 Å². The molecule has 1 aromatic carbocycles. The second-order valence-corrected chi connectivity index (χ2v) is 12.6. The minimum atomic E-state index is -4.63. The Morgan fingerprint density at radius 1 is 1.09 bits per heavy atom. The van der Waals surface area contributed by atoms with Crippen LogP contribution in [0, 0.1) is 19.8 Å². The quantitative estimate of drug-likeness (QED) is 0.279. The highest BCUT2D eigenvalue weighted by molar-refractivity contribution is 9.10. The van der Waals surface area contributed by atoms with Crippen molar-refractivity contribution in [2.45, 2.75) is 59.3 Å². The molecule has 0 N–H and O–H groups in total. The molecule has 1 saturated heterocycles. The summed E-state index contributed by atoms with van der Waals surface area (Å²) in [7, 11) is 0. The van der Waals surface area contributed by atoms with E-state index in [1.54, 1.807) is 17.8 Å². The Morgan fingerprint density at radius 3 is 2.48 bits per heavy atom. The second kappa shape index (κ2) is 11.2. The molecule has 0 radical (unpaired) electrons. The Bertz CT molecular complexity index is 1820. The largest absolute Gasteiger partial charge is 0.417 e. The van der Waals surface area contributed by atoms with Crippen molar-refractivity contribution in [2.24, 2.45) is 5.92 Å². The first-order valence-electron chi connectivity index (χ1n) is 14.4. The van der Waals surface area contributed by atoms with Gasteiger partial charge in [-0.3, -0.25) is 9.59 Å². The van der Waals surface area contributed by atoms with Crippen LogP contribution >= 0.6 is 15.9 Å². The third-order valence-electron chi connectivity index (χ3n) is 8.31. The summed E-state index contributed by atoms with van der Waals surface area (Å²) in [6, 6.07) is 8.59. The van der Waals surface area contributed by atoms with Crippen molar-refractivity contribution < 1.29 is 18.0 Å². The summed E-state index contributed by atoms with van der Waals surface area (Å²) in [5.74, 6) is 1.10. The molecular weight excluding hydrogens is 639 g/mol. The van der Waals surface area contributed by atoms with Crippen LogP contribution in [0.4, 0.5) is 19.0 Å². The third-order valence-corrected chi connectivity index (χ3v) is 9.00. The number of carbonyl (C=O) groups is 1. The second-order valence-electron chi connectivity index (χ2n) is 11.7. The van der Waals surface area contributed by atoms with Gasteiger partial charge in [0.25, 0.3) is 11.5 Å². The number of nitrogens with zero attached hydrogens (tertiary/aromatic N) is 7. The minimum Gasteiger partial charge on any atom is -0.356 e. The molecule has 5 heterocycles. The van der Waals surface area contributed by atoms with Crippen LogP contribution in [0.2, 0.25) is 0 Å². The Morgan fingerprint density at radius 2 is 1.86 bits per heavy atom. The van der Waals surface area contributed by atoms with Crippen LogP contribution < -0.4 is 10.5 Å². The fourth-order valence-electron chi connectivity index (χ4n) is 6.01. The lowest BCUT2D eigenvalue weighted by molar-refractivity contribution is -0.138. The van der Waals surface area contributed by atoms with E-state index in [1.165, 1.54) is 21.6 Å². The van der Waals surface area contributed by atoms with E-state index in [0.717, 1.165) is 42.8 Å². The van der Waals surface area contributed by atoms with Gasteiger partial charge in [0.15, 0.2) is 0 Å². The van der Waals surface area contributed by atoms with E-state index in [9.17, 15) is 22.8 Å². The van der Waals surface area contributed by atoms with Crippen LogP contribution in [0.3, 0.4) is 0 Å². The highest BCUT2D eigenvalue weighted by Gasteiger charge is 2.36. The number of halogens is 4. The number of hydrogen-bond acceptors (Lipinski definition) is 6. The van der Waals surface area contributed by atoms with E-state index in [-0.39, 0.29) is 34.5 Å². The molecule has 0 unspecified atom stereocenters. The first-order valence-corrected chi connectivity index (χ1v) is 15.2. The van der Waals surface area contributed by atoms with Gasteiger partial charge in [0.1, 0.15) is 5.82 Å². The summed E-state index contributed by atoms with van der Waals surface area (Å²) in [4.78, 5) is 41.0. The van der Waals surface area contributed by atoms with Crippen molar-refractivity contribution in [3.05, 3.63) is 91.2 Å². The molecule has 2 aliphatic rings. The van der Waals surface area contributed by atoms with Gasteiger partial charge in [-0.2, -0.15) is 18.3 Å². The standard InChI is InChI=1S/C31H31BrF3N7O2/c1-17-9-10-39(15-17)27-8-6-22(14-36-27)41-29(44)23-12-19(3)40(16-26(23)37-30(41)42-20(4)11-18(2)38-42)28(43)21-5-7-25(32)24(13-21)31(33,34)35/h5-8,11,13-14,17,19H,9-10,12,15-16H2,1-4H3/t17-,19-/m1/s1. The van der Waals surface area contributed by atoms with Gasteiger partial charge in [0, 0.05) is 40.4 Å². The molecule has 0 bridgehead atoms. The summed E-state index contributed by atoms with van der Waals surface area (Å²) in [5, 5.41) is 4.58. The Hall–Kier alpha value is -4.00. The molecule has 3 aromatic heterocycles. The number of rotatable bonds is 4. The van der Waals surface area contributed by atoms with Crippen LogP contribution in [0.1, 0.15) is 58.8 Å². The molecule has 9 nitrogen and oxygen atoms in total. The fraction of sp³-hybridized carbons (Fsp3) is 0.387. The van der Waals surface area contributed by atoms with E-state index >= 15 is 0 Å². The number of anilines is 1. The number of alkyl halides is 3. The molecule has 4 aromatic rings. The summed E-state index contributed by atoms with van der Waals surface area (Å²) >= 11 is 2.93. The zero-order chi connectivity index (χ0) is 31.5. The fourth-order valence-corrected chi connectivity index (χ4v) is 6.48. The van der Waals surface area contributed by atoms with E-state index in [2.05, 4.69) is 37.8 Å². The summed E-state index contributed by atoms with van der Waals surface area (Å²) < 4.78 is 43.6. The lowest BCUT2D eigenvalue weighted by atomic mass is 9.98. The maximum atomic E-state index is 14.2. The van der Waals surface area contributed by atoms with Crippen molar-refractivity contribution in [1.29, 1.82) is 0 Å². The van der Waals surface area contributed by atoms with Gasteiger partial charge in [-0.1, -0.05) is 22.9 Å². The van der Waals surface area contributed by atoms with Crippen LogP contribution in [0.25, 0.3) is 11.6 Å². The predicted molar refractivity (Wildman–Crippen MR) is 162 cm³/mol. The lowest BCUT2D eigenvalue weighted by Crippen LogP contribution is -2.46. The molecule has 1 fully saturated rings. The lowest BCUT2D eigenvalue weighted by Gasteiger charge is -2.34. The summed E-state index contributed by atoms with van der Waals surface area (Å²) in [6.45, 7) is 9.49. The van der Waals surface area contributed by atoms with Crippen LogP contribution in [-0.4, -0.2) is 54.3 Å². The molecule has 2 aliphatic heterocycles. The van der Waals surface area contributed by atoms with E-state index < -0.39 is 23.7 Å². The predicted octanol–water partition coefficient (Wildman–Crippen LogP) is 5.64. The van der Waals surface area contributed by atoms with E-state index in [0.29, 0.717) is 22.9 Å². The van der Waals surface area contributed by atoms with Gasteiger partial charge < -0.3 is 9.80 Å². The molecule has 13 heteroatoms. The number of benzene rings is 1. The number of pyridine rings is 1. The van der Waals surface area contributed by atoms with Gasteiger partial charge in [0.05, 0.1) is 35.4 Å².